The minimum atomic E-state index is -4.42. The quantitative estimate of drug-likeness (QED) is 0.461. The zero-order valence-electron chi connectivity index (χ0n) is 15.2. The molecule has 0 fully saturated rings. The number of hydrogen-bond donors (Lipinski definition) is 1. The van der Waals surface area contributed by atoms with Gasteiger partial charge in [-0.25, -0.2) is 9.97 Å². The summed E-state index contributed by atoms with van der Waals surface area (Å²) < 4.78 is 38.7. The van der Waals surface area contributed by atoms with Crippen LogP contribution in [0, 0.1) is 0 Å². The van der Waals surface area contributed by atoms with Crippen LogP contribution >= 0.6 is 11.6 Å². The maximum Gasteiger partial charge on any atom is 0.416 e. The molecule has 4 aromatic rings. The number of anilines is 1. The van der Waals surface area contributed by atoms with Gasteiger partial charge in [0.25, 0.3) is 5.91 Å². The van der Waals surface area contributed by atoms with Crippen molar-refractivity contribution in [3.05, 3.63) is 76.6 Å². The predicted octanol–water partition coefficient (Wildman–Crippen LogP) is 5.46. The molecule has 1 aliphatic rings. The molecule has 1 amide bonds. The third-order valence-electron chi connectivity index (χ3n) is 4.97. The molecule has 2 aromatic heterocycles. The van der Waals surface area contributed by atoms with Crippen molar-refractivity contribution in [2.45, 2.75) is 12.7 Å². The summed E-state index contributed by atoms with van der Waals surface area (Å²) in [6.45, 7) is 0.367. The molecule has 150 valence electrons. The molecule has 0 spiro atoms. The summed E-state index contributed by atoms with van der Waals surface area (Å²) in [5.41, 5.74) is 2.51. The second-order valence-electron chi connectivity index (χ2n) is 6.91. The first kappa shape index (κ1) is 18.6. The Kier molecular flexibility index (Phi) is 4.08. The highest BCUT2D eigenvalue weighted by Gasteiger charge is 2.31. The molecule has 5 rings (SSSR count). The van der Waals surface area contributed by atoms with Gasteiger partial charge in [-0.3, -0.25) is 4.79 Å². The highest BCUT2D eigenvalue weighted by Crippen LogP contribution is 2.33. The summed E-state index contributed by atoms with van der Waals surface area (Å²) in [5, 5.41) is 0.470. The number of benzene rings is 2. The van der Waals surface area contributed by atoms with Crippen LogP contribution in [0.5, 0.6) is 0 Å². The lowest BCUT2D eigenvalue weighted by Crippen LogP contribution is -2.23. The zero-order valence-corrected chi connectivity index (χ0v) is 15.9. The lowest BCUT2D eigenvalue weighted by molar-refractivity contribution is -0.137. The number of imidazole rings is 1. The minimum absolute atomic E-state index is 0.210. The van der Waals surface area contributed by atoms with Crippen LogP contribution in [-0.4, -0.2) is 20.9 Å². The number of hydrogen-bond acceptors (Lipinski definition) is 3. The summed E-state index contributed by atoms with van der Waals surface area (Å²) in [5.74, 6) is 0.234. The summed E-state index contributed by atoms with van der Waals surface area (Å²) in [7, 11) is 0. The average Bonchev–Trinajstić information content (AvgIpc) is 3.28. The van der Waals surface area contributed by atoms with E-state index in [2.05, 4.69) is 15.0 Å². The first-order chi connectivity index (χ1) is 14.3. The van der Waals surface area contributed by atoms with Gasteiger partial charge in [-0.1, -0.05) is 11.6 Å². The van der Waals surface area contributed by atoms with Gasteiger partial charge in [0.1, 0.15) is 11.5 Å². The molecule has 9 heteroatoms. The van der Waals surface area contributed by atoms with Gasteiger partial charge < -0.3 is 9.88 Å². The van der Waals surface area contributed by atoms with E-state index >= 15 is 0 Å². The number of pyridine rings is 1. The summed E-state index contributed by atoms with van der Waals surface area (Å²) in [6.07, 6.45) is -2.98. The summed E-state index contributed by atoms with van der Waals surface area (Å²) in [6, 6.07) is 12.1. The Balaban J connectivity index is 1.44. The third-order valence-corrected chi connectivity index (χ3v) is 5.18. The molecule has 0 bridgehead atoms. The number of nitrogens with one attached hydrogen (secondary N) is 1. The summed E-state index contributed by atoms with van der Waals surface area (Å²) in [4.78, 5) is 25.6. The lowest BCUT2D eigenvalue weighted by Gasteiger charge is -2.15. The highest BCUT2D eigenvalue weighted by molar-refractivity contribution is 6.30. The fourth-order valence-electron chi connectivity index (χ4n) is 3.49. The second-order valence-corrected chi connectivity index (χ2v) is 7.35. The number of rotatable bonds is 2. The van der Waals surface area contributed by atoms with Crippen LogP contribution in [0.4, 0.5) is 18.9 Å². The van der Waals surface area contributed by atoms with Crippen LogP contribution in [0.2, 0.25) is 5.02 Å². The number of halogens is 4. The maximum atomic E-state index is 12.9. The van der Waals surface area contributed by atoms with Crippen molar-refractivity contribution in [1.82, 2.24) is 15.0 Å². The van der Waals surface area contributed by atoms with Crippen LogP contribution in [0.1, 0.15) is 21.6 Å². The van der Waals surface area contributed by atoms with Gasteiger partial charge in [0.2, 0.25) is 0 Å². The maximum absolute atomic E-state index is 12.9. The van der Waals surface area contributed by atoms with E-state index in [0.29, 0.717) is 45.4 Å². The van der Waals surface area contributed by atoms with Crippen LogP contribution in [0.3, 0.4) is 0 Å². The predicted molar refractivity (Wildman–Crippen MR) is 106 cm³/mol. The van der Waals surface area contributed by atoms with Crippen molar-refractivity contribution in [2.24, 2.45) is 0 Å². The van der Waals surface area contributed by atoms with Crippen LogP contribution in [0.25, 0.3) is 22.4 Å². The lowest BCUT2D eigenvalue weighted by atomic mass is 10.2. The van der Waals surface area contributed by atoms with E-state index in [9.17, 15) is 18.0 Å². The second kappa shape index (κ2) is 6.56. The molecule has 0 aliphatic carbocycles. The number of H-pyrrole nitrogens is 1. The smallest absolute Gasteiger partial charge is 0.338 e. The molecule has 0 unspecified atom stereocenters. The molecule has 0 atom stereocenters. The number of alkyl halides is 3. The fraction of sp³-hybridized carbons (Fsp3) is 0.0952. The van der Waals surface area contributed by atoms with Gasteiger partial charge in [-0.2, -0.15) is 13.2 Å². The number of aromatic amines is 1. The summed E-state index contributed by atoms with van der Waals surface area (Å²) >= 11 is 5.96. The standard InChI is InChI=1S/C21H12ClF3N4O/c22-14-7-12-10-29(20(30)18(12)26-9-14)15-4-1-11(2-5-15)19-27-16-6-3-13(21(23,24)25)8-17(16)28-19/h1-9H,10H2,(H,27,28). The van der Waals surface area contributed by atoms with Gasteiger partial charge in [-0.05, 0) is 48.5 Å². The number of fused-ring (bicyclic) bond motifs is 2. The molecule has 0 radical (unpaired) electrons. The largest absolute Gasteiger partial charge is 0.416 e. The van der Waals surface area contributed by atoms with E-state index in [1.165, 1.54) is 12.3 Å². The van der Waals surface area contributed by atoms with Gasteiger partial charge >= 0.3 is 6.18 Å². The molecule has 1 aliphatic heterocycles. The number of nitrogens with zero attached hydrogens (tertiary/aromatic N) is 3. The van der Waals surface area contributed by atoms with Crippen molar-refractivity contribution >= 4 is 34.2 Å². The monoisotopic (exact) mass is 428 g/mol. The van der Waals surface area contributed by atoms with Crippen molar-refractivity contribution in [3.63, 3.8) is 0 Å². The van der Waals surface area contributed by atoms with Crippen LogP contribution < -0.4 is 4.90 Å². The van der Waals surface area contributed by atoms with Crippen molar-refractivity contribution < 1.29 is 18.0 Å². The van der Waals surface area contributed by atoms with E-state index < -0.39 is 11.7 Å². The Labute approximate surface area is 173 Å². The van der Waals surface area contributed by atoms with Crippen LogP contribution in [0.15, 0.2) is 54.7 Å². The molecule has 3 heterocycles. The van der Waals surface area contributed by atoms with Gasteiger partial charge in [0, 0.05) is 23.0 Å². The normalized spacial score (nSPS) is 13.9. The molecule has 5 nitrogen and oxygen atoms in total. The van der Waals surface area contributed by atoms with E-state index in [-0.39, 0.29) is 5.91 Å². The molecular weight excluding hydrogens is 417 g/mol. The zero-order chi connectivity index (χ0) is 21.0. The molecular formula is C21H12ClF3N4O. The minimum Gasteiger partial charge on any atom is -0.338 e. The van der Waals surface area contributed by atoms with E-state index in [0.717, 1.165) is 17.7 Å². The first-order valence-corrected chi connectivity index (χ1v) is 9.31. The number of aromatic nitrogens is 3. The van der Waals surface area contributed by atoms with E-state index in [1.54, 1.807) is 35.2 Å². The molecule has 2 aromatic carbocycles. The van der Waals surface area contributed by atoms with Crippen molar-refractivity contribution in [1.29, 1.82) is 0 Å². The average molecular weight is 429 g/mol. The molecule has 1 N–H and O–H groups in total. The Bertz CT molecular complexity index is 1300. The third kappa shape index (κ3) is 3.09. The topological polar surface area (TPSA) is 61.9 Å². The molecule has 30 heavy (non-hydrogen) atoms. The Morgan fingerprint density at radius 3 is 2.57 bits per heavy atom. The van der Waals surface area contributed by atoms with E-state index in [4.69, 9.17) is 11.6 Å². The van der Waals surface area contributed by atoms with Crippen LogP contribution in [-0.2, 0) is 12.7 Å². The van der Waals surface area contributed by atoms with Crippen molar-refractivity contribution in [2.75, 3.05) is 4.90 Å². The fourth-order valence-corrected chi connectivity index (χ4v) is 3.68. The Hall–Kier alpha value is -3.39. The highest BCUT2D eigenvalue weighted by atomic mass is 35.5. The van der Waals surface area contributed by atoms with Gasteiger partial charge in [0.15, 0.2) is 0 Å². The number of carbonyl (C=O) groups is 1. The Morgan fingerprint density at radius 2 is 1.83 bits per heavy atom. The molecule has 0 saturated heterocycles. The first-order valence-electron chi connectivity index (χ1n) is 8.93. The van der Waals surface area contributed by atoms with Gasteiger partial charge in [-0.15, -0.1) is 0 Å². The number of carbonyl (C=O) groups excluding carboxylic acids is 1. The number of amides is 1. The van der Waals surface area contributed by atoms with Crippen molar-refractivity contribution in [3.8, 4) is 11.4 Å². The SMILES string of the molecule is O=C1c2ncc(Cl)cc2CN1c1ccc(-c2nc3ccc(C(F)(F)F)cc3[nH]2)cc1. The Morgan fingerprint density at radius 1 is 1.07 bits per heavy atom. The molecule has 0 saturated carbocycles. The van der Waals surface area contributed by atoms with Gasteiger partial charge in [0.05, 0.1) is 28.2 Å². The van der Waals surface area contributed by atoms with E-state index in [1.807, 2.05) is 0 Å².